The number of rotatable bonds is 12. The molecule has 0 heterocycles. The first-order chi connectivity index (χ1) is 14.5. The molecule has 3 heteroatoms. The Kier molecular flexibility index (Phi) is 8.32. The van der Waals surface area contributed by atoms with Crippen molar-refractivity contribution >= 4 is 5.83 Å². The predicted octanol–water partition coefficient (Wildman–Crippen LogP) is 6.74. The van der Waals surface area contributed by atoms with Gasteiger partial charge in [0, 0.05) is 36.7 Å². The monoisotopic (exact) mass is 410 g/mol. The zero-order valence-electron chi connectivity index (χ0n) is 19.0. The fraction of sp³-hybridized carbons (Fsp3) is 0.556. The van der Waals surface area contributed by atoms with E-state index in [2.05, 4.69) is 55.1 Å². The minimum atomic E-state index is -0.0568. The molecule has 0 amide bonds. The van der Waals surface area contributed by atoms with Gasteiger partial charge < -0.3 is 10.2 Å². The van der Waals surface area contributed by atoms with Crippen molar-refractivity contribution in [1.29, 1.82) is 0 Å². The van der Waals surface area contributed by atoms with E-state index < -0.39 is 0 Å². The van der Waals surface area contributed by atoms with E-state index in [9.17, 15) is 4.39 Å². The summed E-state index contributed by atoms with van der Waals surface area (Å²) in [5.74, 6) is 1.06. The fourth-order valence-electron chi connectivity index (χ4n) is 4.64. The number of nitrogens with one attached hydrogen (secondary N) is 1. The number of unbranched alkanes of at least 4 members (excludes halogenated alkanes) is 2. The number of aryl methyl sites for hydroxylation is 1. The van der Waals surface area contributed by atoms with E-state index in [1.807, 2.05) is 19.1 Å². The molecule has 0 spiro atoms. The summed E-state index contributed by atoms with van der Waals surface area (Å²) < 4.78 is 14.3. The van der Waals surface area contributed by atoms with E-state index in [-0.39, 0.29) is 5.83 Å². The number of halogens is 1. The second-order valence-electron chi connectivity index (χ2n) is 9.06. The van der Waals surface area contributed by atoms with E-state index in [1.54, 1.807) is 6.08 Å². The van der Waals surface area contributed by atoms with Gasteiger partial charge in [0.25, 0.3) is 0 Å². The summed E-state index contributed by atoms with van der Waals surface area (Å²) in [6.07, 6.45) is 15.0. The van der Waals surface area contributed by atoms with E-state index in [0.717, 1.165) is 55.0 Å². The van der Waals surface area contributed by atoms with Crippen molar-refractivity contribution in [1.82, 2.24) is 10.2 Å². The summed E-state index contributed by atoms with van der Waals surface area (Å²) >= 11 is 0. The molecule has 0 aliphatic heterocycles. The summed E-state index contributed by atoms with van der Waals surface area (Å²) in [5, 5.41) is 3.85. The van der Waals surface area contributed by atoms with Crippen LogP contribution >= 0.6 is 0 Å². The Morgan fingerprint density at radius 3 is 2.93 bits per heavy atom. The average Bonchev–Trinajstić information content (AvgIpc) is 3.48. The molecule has 164 valence electrons. The van der Waals surface area contributed by atoms with Gasteiger partial charge in [-0.15, -0.1) is 6.58 Å². The first-order valence-corrected chi connectivity index (χ1v) is 11.8. The Labute approximate surface area is 182 Å². The molecule has 0 bridgehead atoms. The molecule has 30 heavy (non-hydrogen) atoms. The predicted molar refractivity (Wildman–Crippen MR) is 127 cm³/mol. The number of nitrogens with zero attached hydrogens (tertiary/aromatic N) is 1. The van der Waals surface area contributed by atoms with Gasteiger partial charge in [-0.3, -0.25) is 0 Å². The van der Waals surface area contributed by atoms with Gasteiger partial charge in [-0.2, -0.15) is 0 Å². The molecule has 4 unspecified atom stereocenters. The van der Waals surface area contributed by atoms with Crippen molar-refractivity contribution in [2.45, 2.75) is 77.3 Å². The summed E-state index contributed by atoms with van der Waals surface area (Å²) in [7, 11) is 0. The Bertz CT molecular complexity index is 766. The summed E-state index contributed by atoms with van der Waals surface area (Å²) in [5.41, 5.74) is 3.08. The number of hydrogen-bond donors (Lipinski definition) is 1. The van der Waals surface area contributed by atoms with Gasteiger partial charge in [-0.05, 0) is 89.1 Å². The maximum absolute atomic E-state index is 14.3. The molecular formula is C27H39FN2. The summed E-state index contributed by atoms with van der Waals surface area (Å²) in [6.45, 7) is 12.5. The highest BCUT2D eigenvalue weighted by molar-refractivity contribution is 5.66. The standard InChI is InChI=1S/C27H39FN2/c1-5-7-8-9-10-16-30(6-2)17-15-22-19-27(22)29-21(4)23-13-14-26(28)25-18-20(3)11-12-24(23)25/h5,10-12,14,16,18,21-23,27,29H,1,6-9,13,15,17,19H2,2-4H3/b16-10+. The number of fused-ring (bicyclic) bond motifs is 1. The van der Waals surface area contributed by atoms with Gasteiger partial charge in [0.2, 0.25) is 0 Å². The highest BCUT2D eigenvalue weighted by Gasteiger charge is 2.39. The summed E-state index contributed by atoms with van der Waals surface area (Å²) in [6, 6.07) is 7.20. The lowest BCUT2D eigenvalue weighted by Crippen LogP contribution is -2.35. The van der Waals surface area contributed by atoms with Crippen molar-refractivity contribution in [2.75, 3.05) is 13.1 Å². The first-order valence-electron chi connectivity index (χ1n) is 11.8. The molecule has 4 atom stereocenters. The van der Waals surface area contributed by atoms with Gasteiger partial charge in [-0.1, -0.05) is 29.8 Å². The number of benzene rings is 1. The molecule has 2 aliphatic rings. The van der Waals surface area contributed by atoms with Crippen LogP contribution in [0.4, 0.5) is 4.39 Å². The van der Waals surface area contributed by atoms with Crippen molar-refractivity contribution in [3.8, 4) is 0 Å². The second kappa shape index (κ2) is 10.9. The van der Waals surface area contributed by atoms with E-state index in [4.69, 9.17) is 0 Å². The molecule has 3 rings (SSSR count). The normalized spacial score (nSPS) is 23.7. The SMILES string of the molecule is C=CCCC/C=C/N(CC)CCC1CC1NC(C)C1CC=C(F)c2cc(C)ccc21. The van der Waals surface area contributed by atoms with Crippen molar-refractivity contribution in [3.05, 3.63) is 65.9 Å². The lowest BCUT2D eigenvalue weighted by Gasteiger charge is -2.29. The third kappa shape index (κ3) is 6.07. The second-order valence-corrected chi connectivity index (χ2v) is 9.06. The molecule has 1 N–H and O–H groups in total. The average molecular weight is 411 g/mol. The quantitative estimate of drug-likeness (QED) is 0.303. The molecule has 1 aromatic carbocycles. The van der Waals surface area contributed by atoms with Crippen LogP contribution in [0.3, 0.4) is 0 Å². The van der Waals surface area contributed by atoms with Crippen LogP contribution in [-0.2, 0) is 0 Å². The first kappa shape index (κ1) is 22.8. The third-order valence-corrected chi connectivity index (χ3v) is 6.71. The van der Waals surface area contributed by atoms with Crippen LogP contribution in [0.5, 0.6) is 0 Å². The maximum atomic E-state index is 14.3. The molecule has 0 radical (unpaired) electrons. The van der Waals surface area contributed by atoms with E-state index in [0.29, 0.717) is 18.0 Å². The largest absolute Gasteiger partial charge is 0.378 e. The van der Waals surface area contributed by atoms with Crippen LogP contribution in [-0.4, -0.2) is 30.1 Å². The van der Waals surface area contributed by atoms with Crippen molar-refractivity contribution < 1.29 is 4.39 Å². The van der Waals surface area contributed by atoms with Gasteiger partial charge >= 0.3 is 0 Å². The molecule has 1 fully saturated rings. The Balaban J connectivity index is 1.45. The maximum Gasteiger partial charge on any atom is 0.126 e. The van der Waals surface area contributed by atoms with Gasteiger partial charge in [0.05, 0.1) is 0 Å². The lowest BCUT2D eigenvalue weighted by molar-refractivity contribution is 0.367. The van der Waals surface area contributed by atoms with Crippen LogP contribution < -0.4 is 5.32 Å². The molecule has 0 aromatic heterocycles. The van der Waals surface area contributed by atoms with Crippen LogP contribution in [0.1, 0.15) is 75.0 Å². The molecular weight excluding hydrogens is 371 g/mol. The molecule has 1 saturated carbocycles. The Hall–Kier alpha value is -1.87. The van der Waals surface area contributed by atoms with Crippen LogP contribution in [0, 0.1) is 12.8 Å². The Morgan fingerprint density at radius 1 is 1.33 bits per heavy atom. The Morgan fingerprint density at radius 2 is 2.17 bits per heavy atom. The van der Waals surface area contributed by atoms with E-state index in [1.165, 1.54) is 19.3 Å². The molecule has 2 nitrogen and oxygen atoms in total. The molecule has 0 saturated heterocycles. The van der Waals surface area contributed by atoms with Crippen LogP contribution in [0.25, 0.3) is 5.83 Å². The zero-order chi connectivity index (χ0) is 21.5. The van der Waals surface area contributed by atoms with Crippen LogP contribution in [0.15, 0.2) is 49.2 Å². The number of allylic oxidation sites excluding steroid dienone is 3. The smallest absolute Gasteiger partial charge is 0.126 e. The van der Waals surface area contributed by atoms with Crippen molar-refractivity contribution in [3.63, 3.8) is 0 Å². The molecule has 2 aliphatic carbocycles. The lowest BCUT2D eigenvalue weighted by atomic mass is 9.81. The fourth-order valence-corrected chi connectivity index (χ4v) is 4.64. The minimum absolute atomic E-state index is 0.0568. The third-order valence-electron chi connectivity index (χ3n) is 6.71. The minimum Gasteiger partial charge on any atom is -0.378 e. The summed E-state index contributed by atoms with van der Waals surface area (Å²) in [4.78, 5) is 2.43. The van der Waals surface area contributed by atoms with Crippen LogP contribution in [0.2, 0.25) is 0 Å². The van der Waals surface area contributed by atoms with E-state index >= 15 is 0 Å². The molecule has 1 aromatic rings. The van der Waals surface area contributed by atoms with Gasteiger partial charge in [0.1, 0.15) is 5.83 Å². The highest BCUT2D eigenvalue weighted by Crippen LogP contribution is 2.40. The van der Waals surface area contributed by atoms with Gasteiger partial charge in [-0.25, -0.2) is 4.39 Å². The number of hydrogen-bond acceptors (Lipinski definition) is 2. The zero-order valence-corrected chi connectivity index (χ0v) is 19.0. The highest BCUT2D eigenvalue weighted by atomic mass is 19.1. The van der Waals surface area contributed by atoms with Gasteiger partial charge in [0.15, 0.2) is 0 Å². The topological polar surface area (TPSA) is 15.3 Å². The van der Waals surface area contributed by atoms with Crippen molar-refractivity contribution in [2.24, 2.45) is 5.92 Å².